The largest absolute Gasteiger partial charge is 0.384 e. The van der Waals surface area contributed by atoms with Crippen molar-refractivity contribution in [3.05, 3.63) is 68.5 Å². The second kappa shape index (κ2) is 8.05. The molecular formula is C24H24ClN3OS2. The fourth-order valence-corrected chi connectivity index (χ4v) is 6.73. The first-order valence-electron chi connectivity index (χ1n) is 10.0. The van der Waals surface area contributed by atoms with Gasteiger partial charge in [-0.15, -0.1) is 23.1 Å². The van der Waals surface area contributed by atoms with E-state index >= 15 is 0 Å². The van der Waals surface area contributed by atoms with Crippen LogP contribution in [0.25, 0.3) is 0 Å². The molecule has 0 saturated heterocycles. The van der Waals surface area contributed by atoms with Crippen LogP contribution < -0.4 is 10.6 Å². The Kier molecular flexibility index (Phi) is 5.72. The molecule has 1 atom stereocenters. The number of ketones is 1. The highest BCUT2D eigenvalue weighted by atomic mass is 35.5. The molecule has 0 amide bonds. The number of rotatable bonds is 3. The Hall–Kier alpha value is -2.20. The van der Waals surface area contributed by atoms with Gasteiger partial charge in [0.1, 0.15) is 5.82 Å². The molecule has 31 heavy (non-hydrogen) atoms. The number of aryl methyl sites for hydroxylation is 1. The molecule has 2 aromatic rings. The summed E-state index contributed by atoms with van der Waals surface area (Å²) in [6.07, 6.45) is 3.13. The second-order valence-corrected chi connectivity index (χ2v) is 11.5. The third-order valence-corrected chi connectivity index (χ3v) is 8.36. The zero-order valence-electron chi connectivity index (χ0n) is 18.0. The summed E-state index contributed by atoms with van der Waals surface area (Å²) in [7, 11) is 0. The van der Waals surface area contributed by atoms with Crippen LogP contribution in [0.4, 0.5) is 5.69 Å². The minimum absolute atomic E-state index is 0.0736. The molecule has 1 aliphatic heterocycles. The lowest BCUT2D eigenvalue weighted by Gasteiger charge is -2.44. The maximum absolute atomic E-state index is 13.6. The van der Waals surface area contributed by atoms with Crippen LogP contribution in [0.1, 0.15) is 43.0 Å². The van der Waals surface area contributed by atoms with Crippen LogP contribution in [0.3, 0.4) is 0 Å². The van der Waals surface area contributed by atoms with Crippen molar-refractivity contribution < 1.29 is 4.79 Å². The molecule has 1 aromatic carbocycles. The van der Waals surface area contributed by atoms with Crippen molar-refractivity contribution in [2.24, 2.45) is 11.1 Å². The average molecular weight is 470 g/mol. The molecule has 0 bridgehead atoms. The van der Waals surface area contributed by atoms with E-state index in [1.165, 1.54) is 0 Å². The monoisotopic (exact) mass is 469 g/mol. The first-order chi connectivity index (χ1) is 14.7. The summed E-state index contributed by atoms with van der Waals surface area (Å²) in [5.41, 5.74) is 10.1. The molecule has 1 aromatic heterocycles. The van der Waals surface area contributed by atoms with Crippen LogP contribution in [-0.2, 0) is 4.79 Å². The Morgan fingerprint density at radius 3 is 2.68 bits per heavy atom. The predicted octanol–water partition coefficient (Wildman–Crippen LogP) is 6.37. The first kappa shape index (κ1) is 22.0. The zero-order valence-corrected chi connectivity index (χ0v) is 20.3. The summed E-state index contributed by atoms with van der Waals surface area (Å²) in [4.78, 5) is 16.6. The number of thioether (sulfide) groups is 1. The normalized spacial score (nSPS) is 20.7. The lowest BCUT2D eigenvalue weighted by molar-refractivity contribution is -0.118. The minimum Gasteiger partial charge on any atom is -0.384 e. The fourth-order valence-electron chi connectivity index (χ4n) is 4.60. The molecule has 0 saturated carbocycles. The van der Waals surface area contributed by atoms with E-state index in [0.717, 1.165) is 20.3 Å². The van der Waals surface area contributed by atoms with Gasteiger partial charge in [0.2, 0.25) is 0 Å². The van der Waals surface area contributed by atoms with Crippen molar-refractivity contribution in [3.63, 3.8) is 0 Å². The van der Waals surface area contributed by atoms with Gasteiger partial charge in [-0.2, -0.15) is 5.26 Å². The molecule has 4 rings (SSSR count). The highest BCUT2D eigenvalue weighted by Crippen LogP contribution is 2.52. The third-order valence-electron chi connectivity index (χ3n) is 5.82. The van der Waals surface area contributed by atoms with Gasteiger partial charge in [-0.1, -0.05) is 37.6 Å². The zero-order chi connectivity index (χ0) is 22.5. The smallest absolute Gasteiger partial charge is 0.162 e. The number of hydrogen-bond acceptors (Lipinski definition) is 6. The number of carbonyl (C=O) groups is 1. The van der Waals surface area contributed by atoms with Crippen LogP contribution >= 0.6 is 34.7 Å². The summed E-state index contributed by atoms with van der Waals surface area (Å²) >= 11 is 9.87. The van der Waals surface area contributed by atoms with Crippen molar-refractivity contribution in [2.45, 2.75) is 43.7 Å². The van der Waals surface area contributed by atoms with Crippen LogP contribution in [-0.4, -0.2) is 12.0 Å². The molecule has 1 unspecified atom stereocenters. The molecule has 0 fully saturated rings. The highest BCUT2D eigenvalue weighted by Gasteiger charge is 2.45. The fraction of sp³-hybridized carbons (Fsp3) is 0.333. The number of nitrogens with two attached hydrogens (primary N) is 1. The van der Waals surface area contributed by atoms with Gasteiger partial charge < -0.3 is 5.73 Å². The van der Waals surface area contributed by atoms with E-state index in [0.29, 0.717) is 40.5 Å². The van der Waals surface area contributed by atoms with Crippen LogP contribution in [0, 0.1) is 23.7 Å². The molecular weight excluding hydrogens is 446 g/mol. The minimum atomic E-state index is -0.449. The number of allylic oxidation sites excluding steroid dienone is 3. The Morgan fingerprint density at radius 2 is 2.03 bits per heavy atom. The summed E-state index contributed by atoms with van der Waals surface area (Å²) in [6.45, 7) is 6.24. The number of nitriles is 1. The van der Waals surface area contributed by atoms with Crippen molar-refractivity contribution in [2.75, 3.05) is 11.2 Å². The number of para-hydroxylation sites is 1. The van der Waals surface area contributed by atoms with Crippen molar-refractivity contribution in [1.82, 2.24) is 0 Å². The molecule has 0 radical (unpaired) electrons. The number of nitrogens with zero attached hydrogens (tertiary/aromatic N) is 2. The van der Waals surface area contributed by atoms with E-state index in [-0.39, 0.29) is 11.2 Å². The predicted molar refractivity (Wildman–Crippen MR) is 129 cm³/mol. The van der Waals surface area contributed by atoms with E-state index in [2.05, 4.69) is 26.0 Å². The summed E-state index contributed by atoms with van der Waals surface area (Å²) < 4.78 is 1.11. The number of hydrogen-bond donors (Lipinski definition) is 1. The quantitative estimate of drug-likeness (QED) is 0.528. The number of thiophene rings is 1. The Labute approximate surface area is 196 Å². The van der Waals surface area contributed by atoms with Gasteiger partial charge >= 0.3 is 0 Å². The molecule has 2 N–H and O–H groups in total. The van der Waals surface area contributed by atoms with E-state index < -0.39 is 5.92 Å². The van der Waals surface area contributed by atoms with Crippen LogP contribution in [0.2, 0.25) is 5.02 Å². The van der Waals surface area contributed by atoms with Gasteiger partial charge in [-0.25, -0.2) is 0 Å². The van der Waals surface area contributed by atoms with Gasteiger partial charge in [-0.3, -0.25) is 9.69 Å². The van der Waals surface area contributed by atoms with E-state index in [1.807, 2.05) is 36.3 Å². The Bertz CT molecular complexity index is 1190. The van der Waals surface area contributed by atoms with Gasteiger partial charge in [-0.05, 0) is 48.8 Å². The standard InChI is InChI=1S/C24H24ClN3OS2/c1-13-9-14(23(30-4)31-13)20-15(12-26)22(27)28(17-8-6-5-7-16(17)25)18-10-24(2,3)11-19(29)21(18)20/h5-9,20H,10-11,27H2,1-4H3. The van der Waals surface area contributed by atoms with Gasteiger partial charge in [0.25, 0.3) is 0 Å². The topological polar surface area (TPSA) is 70.1 Å². The number of halogens is 1. The van der Waals surface area contributed by atoms with Crippen LogP contribution in [0.15, 0.2) is 57.2 Å². The molecule has 160 valence electrons. The number of benzene rings is 1. The summed E-state index contributed by atoms with van der Waals surface area (Å²) in [5, 5.41) is 10.7. The highest BCUT2D eigenvalue weighted by molar-refractivity contribution is 8.00. The number of anilines is 1. The van der Waals surface area contributed by atoms with E-state index in [4.69, 9.17) is 17.3 Å². The number of Topliss-reactive ketones (excluding diaryl/α,β-unsaturated/α-hetero) is 1. The molecule has 0 spiro atoms. The van der Waals surface area contributed by atoms with Crippen molar-refractivity contribution in [1.29, 1.82) is 5.26 Å². The van der Waals surface area contributed by atoms with Crippen LogP contribution in [0.5, 0.6) is 0 Å². The summed E-state index contributed by atoms with van der Waals surface area (Å²) in [6, 6.07) is 11.8. The SMILES string of the molecule is CSc1sc(C)cc1C1C(C#N)=C(N)N(c2ccccc2Cl)C2=C1C(=O)CC(C)(C)C2. The molecule has 2 aliphatic rings. The average Bonchev–Trinajstić information content (AvgIpc) is 3.07. The first-order valence-corrected chi connectivity index (χ1v) is 12.5. The van der Waals surface area contributed by atoms with Gasteiger partial charge in [0.15, 0.2) is 5.78 Å². The van der Waals surface area contributed by atoms with Crippen molar-refractivity contribution >= 4 is 46.2 Å². The maximum Gasteiger partial charge on any atom is 0.162 e. The van der Waals surface area contributed by atoms with Crippen molar-refractivity contribution in [3.8, 4) is 6.07 Å². The lowest BCUT2D eigenvalue weighted by Crippen LogP contribution is -2.42. The van der Waals surface area contributed by atoms with E-state index in [1.54, 1.807) is 29.2 Å². The summed E-state index contributed by atoms with van der Waals surface area (Å²) in [5.74, 6) is -0.0278. The molecule has 7 heteroatoms. The maximum atomic E-state index is 13.6. The second-order valence-electron chi connectivity index (χ2n) is 8.74. The molecule has 1 aliphatic carbocycles. The number of carbonyl (C=O) groups excluding carboxylic acids is 1. The van der Waals surface area contributed by atoms with Gasteiger partial charge in [0.05, 0.1) is 32.5 Å². The molecule has 4 nitrogen and oxygen atoms in total. The van der Waals surface area contributed by atoms with Gasteiger partial charge in [0, 0.05) is 22.6 Å². The third kappa shape index (κ3) is 3.69. The Balaban J connectivity index is 2.04. The molecule has 2 heterocycles. The lowest BCUT2D eigenvalue weighted by atomic mass is 9.69. The van der Waals surface area contributed by atoms with E-state index in [9.17, 15) is 10.1 Å². The Morgan fingerprint density at radius 1 is 1.32 bits per heavy atom.